The average molecular weight is 406 g/mol. The van der Waals surface area contributed by atoms with Crippen LogP contribution in [0, 0.1) is 0 Å². The van der Waals surface area contributed by atoms with Crippen LogP contribution >= 0.6 is 34.4 Å². The molecule has 4 heterocycles. The lowest BCUT2D eigenvalue weighted by molar-refractivity contribution is -0.131. The van der Waals surface area contributed by atoms with Crippen LogP contribution in [0.25, 0.3) is 20.7 Å². The number of fused-ring (bicyclic) bond motifs is 1. The van der Waals surface area contributed by atoms with Crippen LogP contribution in [0.2, 0.25) is 0 Å². The summed E-state index contributed by atoms with van der Waals surface area (Å²) in [6.45, 7) is 2.93. The first-order valence-electron chi connectivity index (χ1n) is 8.61. The Hall–Kier alpha value is -1.64. The van der Waals surface area contributed by atoms with Gasteiger partial charge in [0.2, 0.25) is 5.91 Å². The van der Waals surface area contributed by atoms with Crippen LogP contribution in [0.3, 0.4) is 0 Å². The molecule has 0 bridgehead atoms. The number of nitrogens with zero attached hydrogens (tertiary/aromatic N) is 2. The molecule has 1 saturated heterocycles. The van der Waals surface area contributed by atoms with E-state index in [1.54, 1.807) is 11.3 Å². The van der Waals surface area contributed by atoms with Crippen LogP contribution in [0.4, 0.5) is 0 Å². The highest BCUT2D eigenvalue weighted by Crippen LogP contribution is 2.34. The highest BCUT2D eigenvalue weighted by atomic mass is 32.2. The lowest BCUT2D eigenvalue weighted by Gasteiger charge is -2.33. The van der Waals surface area contributed by atoms with E-state index in [1.807, 2.05) is 27.8 Å². The van der Waals surface area contributed by atoms with Crippen molar-refractivity contribution >= 4 is 50.6 Å². The minimum Gasteiger partial charge on any atom is -0.339 e. The first kappa shape index (κ1) is 17.8. The molecular formula is C18H19N3O2S3. The van der Waals surface area contributed by atoms with E-state index in [-0.39, 0.29) is 11.5 Å². The van der Waals surface area contributed by atoms with E-state index < -0.39 is 0 Å². The largest absolute Gasteiger partial charge is 0.339 e. The maximum Gasteiger partial charge on any atom is 0.260 e. The molecule has 8 heteroatoms. The van der Waals surface area contributed by atoms with E-state index in [0.717, 1.165) is 34.7 Å². The van der Waals surface area contributed by atoms with Crippen LogP contribution in [-0.2, 0) is 4.79 Å². The van der Waals surface area contributed by atoms with Crippen LogP contribution in [0.5, 0.6) is 0 Å². The smallest absolute Gasteiger partial charge is 0.260 e. The third kappa shape index (κ3) is 3.45. The third-order valence-electron chi connectivity index (χ3n) is 4.66. The van der Waals surface area contributed by atoms with E-state index in [0.29, 0.717) is 22.3 Å². The molecule has 1 aliphatic heterocycles. The second kappa shape index (κ2) is 7.54. The van der Waals surface area contributed by atoms with E-state index in [2.05, 4.69) is 16.9 Å². The number of hydrogen-bond acceptors (Lipinski definition) is 6. The number of carbonyl (C=O) groups excluding carboxylic acids is 1. The Balaban J connectivity index is 1.53. The lowest BCUT2D eigenvalue weighted by atomic mass is 10.0. The van der Waals surface area contributed by atoms with Crippen molar-refractivity contribution in [1.82, 2.24) is 14.9 Å². The molecule has 1 N–H and O–H groups in total. The minimum atomic E-state index is -0.138. The summed E-state index contributed by atoms with van der Waals surface area (Å²) in [5.74, 6) is 0.428. The number of piperidine rings is 1. The van der Waals surface area contributed by atoms with Gasteiger partial charge >= 0.3 is 0 Å². The Morgan fingerprint density at radius 3 is 3.08 bits per heavy atom. The van der Waals surface area contributed by atoms with Gasteiger partial charge in [-0.05, 0) is 37.6 Å². The van der Waals surface area contributed by atoms with Crippen molar-refractivity contribution in [2.75, 3.05) is 12.3 Å². The molecule has 1 amide bonds. The third-order valence-corrected chi connectivity index (χ3v) is 7.30. The summed E-state index contributed by atoms with van der Waals surface area (Å²) in [7, 11) is 0. The van der Waals surface area contributed by atoms with E-state index >= 15 is 0 Å². The number of nitrogens with one attached hydrogen (secondary N) is 1. The first-order chi connectivity index (χ1) is 12.6. The van der Waals surface area contributed by atoms with Gasteiger partial charge in [-0.25, -0.2) is 4.98 Å². The average Bonchev–Trinajstić information content (AvgIpc) is 3.29. The maximum atomic E-state index is 12.6. The number of thioether (sulfide) groups is 1. The zero-order valence-corrected chi connectivity index (χ0v) is 16.8. The van der Waals surface area contributed by atoms with Gasteiger partial charge in [-0.3, -0.25) is 9.59 Å². The monoisotopic (exact) mass is 405 g/mol. The van der Waals surface area contributed by atoms with Crippen molar-refractivity contribution in [2.24, 2.45) is 0 Å². The second-order valence-corrected chi connectivity index (χ2v) is 9.17. The van der Waals surface area contributed by atoms with Crippen LogP contribution in [0.15, 0.2) is 32.8 Å². The fourth-order valence-corrected chi connectivity index (χ4v) is 5.86. The summed E-state index contributed by atoms with van der Waals surface area (Å²) in [4.78, 5) is 36.2. The van der Waals surface area contributed by atoms with Crippen molar-refractivity contribution in [1.29, 1.82) is 0 Å². The van der Waals surface area contributed by atoms with Crippen molar-refractivity contribution in [2.45, 2.75) is 37.4 Å². The summed E-state index contributed by atoms with van der Waals surface area (Å²) in [6.07, 6.45) is 3.33. The Labute approximate surface area is 163 Å². The Kier molecular flexibility index (Phi) is 5.15. The second-order valence-electron chi connectivity index (χ2n) is 6.40. The summed E-state index contributed by atoms with van der Waals surface area (Å²) in [5, 5.41) is 5.13. The summed E-state index contributed by atoms with van der Waals surface area (Å²) < 4.78 is 0. The molecule has 3 aromatic rings. The number of thiophene rings is 2. The number of amides is 1. The fourth-order valence-electron chi connectivity index (χ4n) is 3.29. The van der Waals surface area contributed by atoms with Gasteiger partial charge < -0.3 is 9.88 Å². The van der Waals surface area contributed by atoms with Crippen molar-refractivity contribution in [3.05, 3.63) is 33.2 Å². The molecule has 0 spiro atoms. The SMILES string of the molecule is C[C@@H]1CCCCN1C(=O)CSc1nc2scc(-c3cccs3)c2c(=O)[nH]1. The summed E-state index contributed by atoms with van der Waals surface area (Å²) in [5.41, 5.74) is 0.796. The van der Waals surface area contributed by atoms with Gasteiger partial charge in [0.25, 0.3) is 5.56 Å². The van der Waals surface area contributed by atoms with E-state index in [1.165, 1.54) is 29.5 Å². The van der Waals surface area contributed by atoms with Gasteiger partial charge in [-0.2, -0.15) is 0 Å². The van der Waals surface area contributed by atoms with Crippen molar-refractivity contribution in [3.8, 4) is 10.4 Å². The standard InChI is InChI=1S/C18H19N3O2S3/c1-11-5-2-3-7-21(11)14(22)10-26-18-19-16(23)15-12(9-25-17(15)20-18)13-6-4-8-24-13/h4,6,8-9,11H,2-3,5,7,10H2,1H3,(H,19,20,23)/t11-/m1/s1. The Bertz CT molecular complexity index is 977. The molecule has 5 nitrogen and oxygen atoms in total. The molecule has 1 aliphatic rings. The minimum absolute atomic E-state index is 0.121. The van der Waals surface area contributed by atoms with Crippen LogP contribution < -0.4 is 5.56 Å². The topological polar surface area (TPSA) is 66.1 Å². The highest BCUT2D eigenvalue weighted by molar-refractivity contribution is 7.99. The predicted molar refractivity (Wildman–Crippen MR) is 109 cm³/mol. The Morgan fingerprint density at radius 2 is 2.31 bits per heavy atom. The summed E-state index contributed by atoms with van der Waals surface area (Å²) in [6, 6.07) is 4.28. The van der Waals surface area contributed by atoms with Gasteiger partial charge in [-0.1, -0.05) is 17.8 Å². The summed E-state index contributed by atoms with van der Waals surface area (Å²) >= 11 is 4.39. The molecular weight excluding hydrogens is 386 g/mol. The van der Waals surface area contributed by atoms with E-state index in [9.17, 15) is 9.59 Å². The zero-order chi connectivity index (χ0) is 18.1. The van der Waals surface area contributed by atoms with Gasteiger partial charge in [0.1, 0.15) is 4.83 Å². The molecule has 0 unspecified atom stereocenters. The van der Waals surface area contributed by atoms with Crippen molar-refractivity contribution < 1.29 is 4.79 Å². The normalized spacial score (nSPS) is 17.7. The van der Waals surface area contributed by atoms with Crippen molar-refractivity contribution in [3.63, 3.8) is 0 Å². The van der Waals surface area contributed by atoms with Gasteiger partial charge in [0.05, 0.1) is 11.1 Å². The van der Waals surface area contributed by atoms with Crippen LogP contribution in [0.1, 0.15) is 26.2 Å². The molecule has 0 saturated carbocycles. The first-order valence-corrected chi connectivity index (χ1v) is 11.4. The lowest BCUT2D eigenvalue weighted by Crippen LogP contribution is -2.43. The van der Waals surface area contributed by atoms with Gasteiger partial charge in [-0.15, -0.1) is 22.7 Å². The number of hydrogen-bond donors (Lipinski definition) is 1. The highest BCUT2D eigenvalue weighted by Gasteiger charge is 2.23. The molecule has 1 fully saturated rings. The quantitative estimate of drug-likeness (QED) is 0.522. The number of aromatic amines is 1. The molecule has 3 aromatic heterocycles. The Morgan fingerprint density at radius 1 is 1.42 bits per heavy atom. The fraction of sp³-hybridized carbons (Fsp3) is 0.389. The zero-order valence-electron chi connectivity index (χ0n) is 14.4. The number of aromatic nitrogens is 2. The molecule has 136 valence electrons. The molecule has 1 atom stereocenters. The number of H-pyrrole nitrogens is 1. The van der Waals surface area contributed by atoms with Gasteiger partial charge in [0.15, 0.2) is 5.16 Å². The number of carbonyl (C=O) groups is 1. The predicted octanol–water partition coefficient (Wildman–Crippen LogP) is 4.21. The molecule has 26 heavy (non-hydrogen) atoms. The van der Waals surface area contributed by atoms with Gasteiger partial charge in [0, 0.05) is 28.4 Å². The molecule has 0 radical (unpaired) electrons. The number of likely N-dealkylation sites (tertiary alicyclic amines) is 1. The van der Waals surface area contributed by atoms with E-state index in [4.69, 9.17) is 0 Å². The molecule has 0 aromatic carbocycles. The molecule has 4 rings (SSSR count). The van der Waals surface area contributed by atoms with Crippen LogP contribution in [-0.4, -0.2) is 39.1 Å². The molecule has 0 aliphatic carbocycles. The number of rotatable bonds is 4. The maximum absolute atomic E-state index is 12.6.